The fourth-order valence-corrected chi connectivity index (χ4v) is 4.92. The molecule has 0 atom stereocenters. The number of carbonyl (C=O) groups excluding carboxylic acids is 1. The van der Waals surface area contributed by atoms with E-state index in [9.17, 15) is 22.0 Å². The standard InChI is InChI=1S/C23H26F2N4O3S/c1-33(31,32)29-16-9-10-20-21(12-16)28-22(27-20)11-14-5-7-15(8-6-14)23(30)26-13-17-18(24)3-2-4-19(17)25/h2-4,9-10,12,14-15,29H,5-8,11,13H2,1H3,(H,26,30)(H,27,28). The number of carbonyl (C=O) groups is 1. The van der Waals surface area contributed by atoms with Gasteiger partial charge in [0.15, 0.2) is 0 Å². The van der Waals surface area contributed by atoms with E-state index in [0.29, 0.717) is 24.4 Å². The van der Waals surface area contributed by atoms with Gasteiger partial charge in [0.05, 0.1) is 23.0 Å². The van der Waals surface area contributed by atoms with Gasteiger partial charge in [-0.25, -0.2) is 22.2 Å². The Hall–Kier alpha value is -3.01. The lowest BCUT2D eigenvalue weighted by Crippen LogP contribution is -2.33. The van der Waals surface area contributed by atoms with Crippen molar-refractivity contribution in [3.05, 3.63) is 59.4 Å². The molecule has 3 N–H and O–H groups in total. The van der Waals surface area contributed by atoms with Crippen LogP contribution in [0.4, 0.5) is 14.5 Å². The van der Waals surface area contributed by atoms with E-state index >= 15 is 0 Å². The molecule has 1 aromatic heterocycles. The molecule has 0 unspecified atom stereocenters. The van der Waals surface area contributed by atoms with E-state index in [1.165, 1.54) is 18.2 Å². The van der Waals surface area contributed by atoms with E-state index in [4.69, 9.17) is 0 Å². The van der Waals surface area contributed by atoms with Gasteiger partial charge < -0.3 is 10.3 Å². The van der Waals surface area contributed by atoms with Crippen LogP contribution in [0.25, 0.3) is 11.0 Å². The highest BCUT2D eigenvalue weighted by atomic mass is 32.2. The monoisotopic (exact) mass is 476 g/mol. The minimum absolute atomic E-state index is 0.126. The summed E-state index contributed by atoms with van der Waals surface area (Å²) >= 11 is 0. The van der Waals surface area contributed by atoms with Gasteiger partial charge in [0.1, 0.15) is 17.5 Å². The Morgan fingerprint density at radius 2 is 1.82 bits per heavy atom. The highest BCUT2D eigenvalue weighted by Crippen LogP contribution is 2.31. The van der Waals surface area contributed by atoms with E-state index in [-0.39, 0.29) is 23.9 Å². The predicted molar refractivity (Wildman–Crippen MR) is 122 cm³/mol. The molecule has 1 fully saturated rings. The van der Waals surface area contributed by atoms with Crippen LogP contribution < -0.4 is 10.0 Å². The van der Waals surface area contributed by atoms with E-state index in [1.54, 1.807) is 18.2 Å². The fourth-order valence-electron chi connectivity index (χ4n) is 4.36. The van der Waals surface area contributed by atoms with Crippen molar-refractivity contribution in [2.75, 3.05) is 11.0 Å². The number of H-pyrrole nitrogens is 1. The summed E-state index contributed by atoms with van der Waals surface area (Å²) in [7, 11) is -3.35. The molecule has 1 saturated carbocycles. The van der Waals surface area contributed by atoms with Crippen LogP contribution in [-0.2, 0) is 27.8 Å². The molecule has 1 heterocycles. The second-order valence-corrected chi connectivity index (χ2v) is 10.4. The first-order valence-electron chi connectivity index (χ1n) is 10.8. The second-order valence-electron chi connectivity index (χ2n) is 8.63. The third kappa shape index (κ3) is 5.87. The molecule has 1 aliphatic rings. The molecular weight excluding hydrogens is 450 g/mol. The normalized spacial score (nSPS) is 18.9. The molecule has 33 heavy (non-hydrogen) atoms. The zero-order valence-electron chi connectivity index (χ0n) is 18.2. The number of fused-ring (bicyclic) bond motifs is 1. The Bertz CT molecular complexity index is 1250. The molecule has 3 aromatic rings. The van der Waals surface area contributed by atoms with Crippen LogP contribution in [0.2, 0.25) is 0 Å². The number of hydrogen-bond donors (Lipinski definition) is 3. The van der Waals surface area contributed by atoms with E-state index in [0.717, 1.165) is 42.4 Å². The van der Waals surface area contributed by atoms with Crippen molar-refractivity contribution in [2.45, 2.75) is 38.6 Å². The van der Waals surface area contributed by atoms with Gasteiger partial charge in [0.2, 0.25) is 15.9 Å². The van der Waals surface area contributed by atoms with Gasteiger partial charge in [-0.3, -0.25) is 9.52 Å². The summed E-state index contributed by atoms with van der Waals surface area (Å²) in [6.07, 6.45) is 4.95. The quantitative estimate of drug-likeness (QED) is 0.481. The predicted octanol–water partition coefficient (Wildman–Crippen LogP) is 3.88. The fraction of sp³-hybridized carbons (Fsp3) is 0.391. The van der Waals surface area contributed by atoms with Crippen molar-refractivity contribution in [1.29, 1.82) is 0 Å². The summed E-state index contributed by atoms with van der Waals surface area (Å²) in [4.78, 5) is 20.3. The van der Waals surface area contributed by atoms with Gasteiger partial charge in [-0.05, 0) is 61.9 Å². The third-order valence-electron chi connectivity index (χ3n) is 6.03. The zero-order valence-corrected chi connectivity index (χ0v) is 19.0. The average molecular weight is 477 g/mol. The topological polar surface area (TPSA) is 104 Å². The number of amides is 1. The smallest absolute Gasteiger partial charge is 0.229 e. The zero-order chi connectivity index (χ0) is 23.6. The van der Waals surface area contributed by atoms with Crippen LogP contribution >= 0.6 is 0 Å². The van der Waals surface area contributed by atoms with Crippen LogP contribution in [0, 0.1) is 23.5 Å². The van der Waals surface area contributed by atoms with Crippen LogP contribution in [0.3, 0.4) is 0 Å². The maximum absolute atomic E-state index is 13.7. The van der Waals surface area contributed by atoms with Crippen molar-refractivity contribution >= 4 is 32.7 Å². The molecule has 0 saturated heterocycles. The molecule has 0 bridgehead atoms. The van der Waals surface area contributed by atoms with Crippen molar-refractivity contribution in [1.82, 2.24) is 15.3 Å². The molecule has 176 valence electrons. The largest absolute Gasteiger partial charge is 0.352 e. The number of hydrogen-bond acceptors (Lipinski definition) is 4. The molecule has 0 spiro atoms. The number of nitrogens with one attached hydrogen (secondary N) is 3. The Labute approximate surface area is 191 Å². The lowest BCUT2D eigenvalue weighted by Gasteiger charge is -2.27. The van der Waals surface area contributed by atoms with E-state index < -0.39 is 21.7 Å². The lowest BCUT2D eigenvalue weighted by molar-refractivity contribution is -0.126. The molecule has 2 aromatic carbocycles. The summed E-state index contributed by atoms with van der Waals surface area (Å²) in [5, 5.41) is 2.67. The molecule has 1 aliphatic carbocycles. The van der Waals surface area contributed by atoms with Crippen molar-refractivity contribution in [3.8, 4) is 0 Å². The third-order valence-corrected chi connectivity index (χ3v) is 6.64. The van der Waals surface area contributed by atoms with Crippen molar-refractivity contribution in [3.63, 3.8) is 0 Å². The number of nitrogens with zero attached hydrogens (tertiary/aromatic N) is 1. The molecule has 1 amide bonds. The molecule has 10 heteroatoms. The van der Waals surface area contributed by atoms with E-state index in [2.05, 4.69) is 20.0 Å². The highest BCUT2D eigenvalue weighted by Gasteiger charge is 2.27. The second kappa shape index (κ2) is 9.46. The number of aromatic amines is 1. The molecule has 4 rings (SSSR count). The lowest BCUT2D eigenvalue weighted by atomic mass is 9.80. The van der Waals surface area contributed by atoms with Crippen LogP contribution in [0.5, 0.6) is 0 Å². The Kier molecular flexibility index (Phi) is 6.64. The Morgan fingerprint density at radius 1 is 1.12 bits per heavy atom. The van der Waals surface area contributed by atoms with Gasteiger partial charge in [0, 0.05) is 24.4 Å². The molecule has 0 aliphatic heterocycles. The van der Waals surface area contributed by atoms with Crippen LogP contribution in [-0.4, -0.2) is 30.5 Å². The summed E-state index contributed by atoms with van der Waals surface area (Å²) < 4.78 is 52.8. The molecular formula is C23H26F2N4O3S. The first-order chi connectivity index (χ1) is 15.7. The number of imidazole rings is 1. The van der Waals surface area contributed by atoms with Gasteiger partial charge in [0.25, 0.3) is 0 Å². The summed E-state index contributed by atoms with van der Waals surface area (Å²) in [6.45, 7) is -0.160. The number of halogens is 2. The maximum atomic E-state index is 13.7. The number of aromatic nitrogens is 2. The summed E-state index contributed by atoms with van der Waals surface area (Å²) in [6, 6.07) is 8.80. The van der Waals surface area contributed by atoms with Gasteiger partial charge >= 0.3 is 0 Å². The van der Waals surface area contributed by atoms with Gasteiger partial charge in [-0.1, -0.05) is 6.07 Å². The van der Waals surface area contributed by atoms with Crippen molar-refractivity contribution in [2.24, 2.45) is 11.8 Å². The Balaban J connectivity index is 1.30. The van der Waals surface area contributed by atoms with Crippen molar-refractivity contribution < 1.29 is 22.0 Å². The SMILES string of the molecule is CS(=O)(=O)Nc1ccc2nc(CC3CCC(C(=O)NCc4c(F)cccc4F)CC3)[nH]c2c1. The summed E-state index contributed by atoms with van der Waals surface area (Å²) in [5.41, 5.74) is 1.87. The summed E-state index contributed by atoms with van der Waals surface area (Å²) in [5.74, 6) is -0.480. The van der Waals surface area contributed by atoms with E-state index in [1.807, 2.05) is 0 Å². The molecule has 0 radical (unpaired) electrons. The minimum atomic E-state index is -3.35. The number of sulfonamides is 1. The van der Waals surface area contributed by atoms with Gasteiger partial charge in [-0.2, -0.15) is 0 Å². The maximum Gasteiger partial charge on any atom is 0.229 e. The molecule has 7 nitrogen and oxygen atoms in total. The van der Waals surface area contributed by atoms with Crippen LogP contribution in [0.1, 0.15) is 37.1 Å². The first kappa shape index (κ1) is 23.2. The highest BCUT2D eigenvalue weighted by molar-refractivity contribution is 7.92. The number of rotatable bonds is 7. The Morgan fingerprint density at radius 3 is 2.48 bits per heavy atom. The number of benzene rings is 2. The average Bonchev–Trinajstić information content (AvgIpc) is 3.14. The number of anilines is 1. The first-order valence-corrected chi connectivity index (χ1v) is 12.7. The minimum Gasteiger partial charge on any atom is -0.352 e. The van der Waals surface area contributed by atoms with Crippen LogP contribution in [0.15, 0.2) is 36.4 Å². The van der Waals surface area contributed by atoms with Gasteiger partial charge in [-0.15, -0.1) is 0 Å².